The molecule has 0 unspecified atom stereocenters. The second-order valence-corrected chi connectivity index (χ2v) is 8.53. The van der Waals surface area contributed by atoms with Crippen LogP contribution >= 0.6 is 0 Å². The third-order valence-corrected chi connectivity index (χ3v) is 6.55. The smallest absolute Gasteiger partial charge is 0.325 e. The number of carbonyl (C=O) groups excluding carboxylic acids is 2. The highest BCUT2D eigenvalue weighted by Crippen LogP contribution is 2.35. The second kappa shape index (κ2) is 9.07. The molecule has 1 aliphatic carbocycles. The Morgan fingerprint density at radius 2 is 1.85 bits per heavy atom. The summed E-state index contributed by atoms with van der Waals surface area (Å²) in [5.74, 6) is -4.55. The lowest BCUT2D eigenvalue weighted by Crippen LogP contribution is -2.44. The van der Waals surface area contributed by atoms with E-state index >= 15 is 0 Å². The predicted octanol–water partition coefficient (Wildman–Crippen LogP) is 1.85. The van der Waals surface area contributed by atoms with Gasteiger partial charge in [0.1, 0.15) is 6.04 Å². The van der Waals surface area contributed by atoms with E-state index < -0.39 is 47.7 Å². The molecule has 0 saturated carbocycles. The average Bonchev–Trinajstić information content (AvgIpc) is 3.42. The lowest BCUT2D eigenvalue weighted by atomic mass is 9.82. The van der Waals surface area contributed by atoms with Gasteiger partial charge in [-0.2, -0.15) is 0 Å². The lowest BCUT2D eigenvalue weighted by Gasteiger charge is -2.28. The van der Waals surface area contributed by atoms with Crippen LogP contribution in [0.1, 0.15) is 37.3 Å². The summed E-state index contributed by atoms with van der Waals surface area (Å²) in [4.78, 5) is 53.1. The minimum Gasteiger partial charge on any atom is -0.481 e. The summed E-state index contributed by atoms with van der Waals surface area (Å²) in [5, 5.41) is 22.8. The molecule has 1 fully saturated rings. The van der Waals surface area contributed by atoms with E-state index in [0.29, 0.717) is 54.4 Å². The molecule has 1 aromatic heterocycles. The molecular formula is C23H26N4O6. The number of allylic oxidation sites excluding steroid dienone is 2. The van der Waals surface area contributed by atoms with Crippen molar-refractivity contribution in [2.24, 2.45) is 17.6 Å². The van der Waals surface area contributed by atoms with E-state index in [0.717, 1.165) is 0 Å². The SMILES string of the molecule is NC(=O)[C@@H]1CCCN1[C@H](C(=O)O)c1c[nH]c2ccc(NC(=O)[C@@H]3CC=CC[C@@H]3C(=O)O)cc12. The molecule has 1 aromatic carbocycles. The Labute approximate surface area is 189 Å². The number of hydrogen-bond acceptors (Lipinski definition) is 5. The highest BCUT2D eigenvalue weighted by atomic mass is 16.4. The van der Waals surface area contributed by atoms with E-state index in [2.05, 4.69) is 10.3 Å². The quantitative estimate of drug-likeness (QED) is 0.398. The van der Waals surface area contributed by atoms with Crippen LogP contribution < -0.4 is 11.1 Å². The van der Waals surface area contributed by atoms with Crippen LogP contribution in [-0.4, -0.2) is 56.4 Å². The lowest BCUT2D eigenvalue weighted by molar-refractivity contribution is -0.146. The Morgan fingerprint density at radius 1 is 1.12 bits per heavy atom. The van der Waals surface area contributed by atoms with Crippen molar-refractivity contribution in [2.45, 2.75) is 37.8 Å². The Bertz CT molecular complexity index is 1140. The zero-order valence-electron chi connectivity index (χ0n) is 17.9. The van der Waals surface area contributed by atoms with Gasteiger partial charge < -0.3 is 26.2 Å². The summed E-state index contributed by atoms with van der Waals surface area (Å²) >= 11 is 0. The van der Waals surface area contributed by atoms with Gasteiger partial charge in [-0.05, 0) is 43.9 Å². The first-order chi connectivity index (χ1) is 15.8. The molecule has 2 aliphatic rings. The summed E-state index contributed by atoms with van der Waals surface area (Å²) in [7, 11) is 0. The molecule has 0 radical (unpaired) electrons. The number of nitrogens with one attached hydrogen (secondary N) is 2. The van der Waals surface area contributed by atoms with E-state index in [1.807, 2.05) is 0 Å². The monoisotopic (exact) mass is 454 g/mol. The van der Waals surface area contributed by atoms with Crippen LogP contribution in [0, 0.1) is 11.8 Å². The number of anilines is 1. The maximum atomic E-state index is 12.8. The number of carbonyl (C=O) groups is 4. The van der Waals surface area contributed by atoms with Crippen LogP contribution in [0.4, 0.5) is 5.69 Å². The van der Waals surface area contributed by atoms with E-state index in [9.17, 15) is 29.4 Å². The third-order valence-electron chi connectivity index (χ3n) is 6.55. The summed E-state index contributed by atoms with van der Waals surface area (Å²) in [6.07, 6.45) is 6.98. The largest absolute Gasteiger partial charge is 0.481 e. The molecule has 2 aromatic rings. The van der Waals surface area contributed by atoms with Crippen molar-refractivity contribution in [3.63, 3.8) is 0 Å². The molecule has 33 heavy (non-hydrogen) atoms. The number of rotatable bonds is 7. The van der Waals surface area contributed by atoms with Crippen molar-refractivity contribution in [1.82, 2.24) is 9.88 Å². The first kappa shape index (κ1) is 22.5. The zero-order valence-corrected chi connectivity index (χ0v) is 17.9. The number of likely N-dealkylation sites (tertiary alicyclic amines) is 1. The Kier molecular flexibility index (Phi) is 6.19. The van der Waals surface area contributed by atoms with Gasteiger partial charge in [0.05, 0.1) is 17.9 Å². The van der Waals surface area contributed by atoms with E-state index in [1.54, 1.807) is 41.4 Å². The third kappa shape index (κ3) is 4.34. The van der Waals surface area contributed by atoms with Gasteiger partial charge in [0, 0.05) is 34.9 Å². The van der Waals surface area contributed by atoms with E-state index in [-0.39, 0.29) is 0 Å². The van der Waals surface area contributed by atoms with Gasteiger partial charge >= 0.3 is 11.9 Å². The van der Waals surface area contributed by atoms with Crippen molar-refractivity contribution < 1.29 is 29.4 Å². The molecule has 10 nitrogen and oxygen atoms in total. The fraction of sp³-hybridized carbons (Fsp3) is 0.391. The zero-order chi connectivity index (χ0) is 23.7. The number of carboxylic acid groups (broad SMARTS) is 2. The number of aliphatic carboxylic acids is 2. The molecule has 2 amide bonds. The summed E-state index contributed by atoms with van der Waals surface area (Å²) in [6.45, 7) is 0.430. The Hall–Kier alpha value is -3.66. The van der Waals surface area contributed by atoms with Crippen molar-refractivity contribution >= 4 is 40.3 Å². The molecule has 4 atom stereocenters. The second-order valence-electron chi connectivity index (χ2n) is 8.53. The highest BCUT2D eigenvalue weighted by molar-refractivity contribution is 5.98. The van der Waals surface area contributed by atoms with Gasteiger partial charge in [-0.25, -0.2) is 0 Å². The Morgan fingerprint density at radius 3 is 2.52 bits per heavy atom. The molecule has 1 aliphatic heterocycles. The molecule has 174 valence electrons. The van der Waals surface area contributed by atoms with Crippen LogP contribution in [0.3, 0.4) is 0 Å². The van der Waals surface area contributed by atoms with Crippen molar-refractivity contribution in [3.8, 4) is 0 Å². The van der Waals surface area contributed by atoms with E-state index in [1.165, 1.54) is 0 Å². The Balaban J connectivity index is 1.64. The molecule has 6 N–H and O–H groups in total. The molecule has 0 spiro atoms. The number of benzene rings is 1. The molecule has 10 heteroatoms. The van der Waals surface area contributed by atoms with Crippen molar-refractivity contribution in [2.75, 3.05) is 11.9 Å². The molecule has 4 rings (SSSR count). The van der Waals surface area contributed by atoms with Crippen LogP contribution in [-0.2, 0) is 19.2 Å². The molecule has 1 saturated heterocycles. The fourth-order valence-corrected chi connectivity index (χ4v) is 4.92. The standard InChI is InChI=1S/C23H26N4O6/c24-20(28)18-6-3-9-27(18)19(23(32)33)16-11-25-17-8-7-12(10-15(16)17)26-21(29)13-4-1-2-5-14(13)22(30)31/h1-2,7-8,10-11,13-14,18-19,25H,3-6,9H2,(H2,24,28)(H,26,29)(H,30,31)(H,32,33)/t13-,14+,18+,19+/m1/s1. The minimum absolute atomic E-state index is 0.297. The first-order valence-corrected chi connectivity index (χ1v) is 10.9. The highest BCUT2D eigenvalue weighted by Gasteiger charge is 2.40. The number of hydrogen-bond donors (Lipinski definition) is 5. The van der Waals surface area contributed by atoms with Gasteiger partial charge in [-0.1, -0.05) is 12.2 Å². The number of fused-ring (bicyclic) bond motifs is 1. The van der Waals surface area contributed by atoms with Crippen LogP contribution in [0.25, 0.3) is 10.9 Å². The number of aromatic nitrogens is 1. The van der Waals surface area contributed by atoms with Crippen molar-refractivity contribution in [1.29, 1.82) is 0 Å². The summed E-state index contributed by atoms with van der Waals surface area (Å²) in [5.41, 5.74) is 7.07. The number of amides is 2. The van der Waals surface area contributed by atoms with E-state index in [4.69, 9.17) is 5.73 Å². The summed E-state index contributed by atoms with van der Waals surface area (Å²) < 4.78 is 0. The maximum Gasteiger partial charge on any atom is 0.325 e. The van der Waals surface area contributed by atoms with Gasteiger partial charge in [-0.3, -0.25) is 24.1 Å². The van der Waals surface area contributed by atoms with Crippen LogP contribution in [0.15, 0.2) is 36.5 Å². The van der Waals surface area contributed by atoms with Gasteiger partial charge in [0.2, 0.25) is 11.8 Å². The molecule has 0 bridgehead atoms. The van der Waals surface area contributed by atoms with Gasteiger partial charge in [0.25, 0.3) is 0 Å². The van der Waals surface area contributed by atoms with Gasteiger partial charge in [0.15, 0.2) is 0 Å². The van der Waals surface area contributed by atoms with Crippen molar-refractivity contribution in [3.05, 3.63) is 42.1 Å². The minimum atomic E-state index is -1.10. The topological polar surface area (TPSA) is 166 Å². The number of primary amides is 1. The first-order valence-electron chi connectivity index (χ1n) is 10.9. The fourth-order valence-electron chi connectivity index (χ4n) is 4.92. The normalized spacial score (nSPS) is 23.9. The van der Waals surface area contributed by atoms with Gasteiger partial charge in [-0.15, -0.1) is 0 Å². The summed E-state index contributed by atoms with van der Waals surface area (Å²) in [6, 6.07) is 3.32. The number of carboxylic acids is 2. The number of nitrogens with zero attached hydrogens (tertiary/aromatic N) is 1. The molecular weight excluding hydrogens is 428 g/mol. The number of H-pyrrole nitrogens is 1. The number of aromatic amines is 1. The molecule has 2 heterocycles. The number of nitrogens with two attached hydrogens (primary N) is 1. The van der Waals surface area contributed by atoms with Crippen LogP contribution in [0.5, 0.6) is 0 Å². The average molecular weight is 454 g/mol. The predicted molar refractivity (Wildman–Crippen MR) is 119 cm³/mol. The maximum absolute atomic E-state index is 12.8. The van der Waals surface area contributed by atoms with Crippen LogP contribution in [0.2, 0.25) is 0 Å².